The Morgan fingerprint density at radius 2 is 1.46 bits per heavy atom. The summed E-state index contributed by atoms with van der Waals surface area (Å²) in [4.78, 5) is 21.3. The lowest BCUT2D eigenvalue weighted by Gasteiger charge is -2.42. The molecule has 1 heterocycles. The summed E-state index contributed by atoms with van der Waals surface area (Å²) in [5.41, 5.74) is 1.91. The highest BCUT2D eigenvalue weighted by molar-refractivity contribution is 5.84. The number of nitrogens with zero attached hydrogens (tertiary/aromatic N) is 3. The third kappa shape index (κ3) is 5.22. The average Bonchev–Trinajstić information content (AvgIpc) is 3.30. The number of ether oxygens (including phenoxy) is 1. The van der Waals surface area contributed by atoms with Crippen LogP contribution < -0.4 is 4.74 Å². The van der Waals surface area contributed by atoms with Gasteiger partial charge in [0.15, 0.2) is 0 Å². The standard InChI is InChI=1S/C32H37N3O2/c36-32(35(26-13-3-1-4-14-26)27-15-5-2-6-16-27)22-34-30-18-10-9-17-29(30)33-31(34)23-37-28-20-19-24-11-7-8-12-25(24)21-28/h7-12,17-21,26-27H,1-6,13-16,22-23H2. The fraction of sp³-hybridized carbons (Fsp3) is 0.438. The van der Waals surface area contributed by atoms with Gasteiger partial charge in [-0.1, -0.05) is 81.0 Å². The Labute approximate surface area is 219 Å². The van der Waals surface area contributed by atoms with Crippen molar-refractivity contribution in [3.63, 3.8) is 0 Å². The van der Waals surface area contributed by atoms with Crippen molar-refractivity contribution in [2.75, 3.05) is 0 Å². The molecule has 0 atom stereocenters. The molecular weight excluding hydrogens is 458 g/mol. The molecule has 0 aliphatic heterocycles. The molecule has 5 heteroatoms. The molecule has 2 aliphatic carbocycles. The van der Waals surface area contributed by atoms with Crippen molar-refractivity contribution in [1.29, 1.82) is 0 Å². The SMILES string of the molecule is O=C(Cn1c(COc2ccc3ccccc3c2)nc2ccccc21)N(C1CCCCC1)C1CCCCC1. The quantitative estimate of drug-likeness (QED) is 0.271. The normalized spacial score (nSPS) is 17.3. The van der Waals surface area contributed by atoms with Crippen molar-refractivity contribution >= 4 is 27.7 Å². The first-order valence-electron chi connectivity index (χ1n) is 14.1. The Bertz CT molecular complexity index is 1350. The zero-order chi connectivity index (χ0) is 25.0. The smallest absolute Gasteiger partial charge is 0.243 e. The minimum absolute atomic E-state index is 0.244. The van der Waals surface area contributed by atoms with E-state index in [1.54, 1.807) is 0 Å². The van der Waals surface area contributed by atoms with E-state index >= 15 is 0 Å². The molecule has 3 aromatic carbocycles. The van der Waals surface area contributed by atoms with Crippen molar-refractivity contribution in [2.24, 2.45) is 0 Å². The van der Waals surface area contributed by atoms with Crippen molar-refractivity contribution < 1.29 is 9.53 Å². The Morgan fingerprint density at radius 1 is 0.811 bits per heavy atom. The van der Waals surface area contributed by atoms with E-state index < -0.39 is 0 Å². The number of amides is 1. The summed E-state index contributed by atoms with van der Waals surface area (Å²) in [5, 5.41) is 2.34. The number of carbonyl (C=O) groups is 1. The molecule has 1 amide bonds. The van der Waals surface area contributed by atoms with Crippen LogP contribution in [-0.2, 0) is 17.9 Å². The van der Waals surface area contributed by atoms with Crippen LogP contribution in [0.5, 0.6) is 5.75 Å². The Morgan fingerprint density at radius 3 is 2.19 bits per heavy atom. The van der Waals surface area contributed by atoms with Gasteiger partial charge < -0.3 is 14.2 Å². The molecule has 5 nitrogen and oxygen atoms in total. The van der Waals surface area contributed by atoms with Gasteiger partial charge in [0, 0.05) is 12.1 Å². The topological polar surface area (TPSA) is 47.4 Å². The average molecular weight is 496 g/mol. The number of hydrogen-bond acceptors (Lipinski definition) is 3. The van der Waals surface area contributed by atoms with Gasteiger partial charge in [-0.3, -0.25) is 4.79 Å². The summed E-state index contributed by atoms with van der Waals surface area (Å²) in [6, 6.07) is 23.4. The van der Waals surface area contributed by atoms with Crippen molar-refractivity contribution in [2.45, 2.75) is 89.4 Å². The lowest BCUT2D eigenvalue weighted by Crippen LogP contribution is -2.50. The highest BCUT2D eigenvalue weighted by Crippen LogP contribution is 2.31. The third-order valence-corrected chi connectivity index (χ3v) is 8.34. The van der Waals surface area contributed by atoms with Crippen molar-refractivity contribution in [3.8, 4) is 5.75 Å². The molecule has 6 rings (SSSR count). The highest BCUT2D eigenvalue weighted by atomic mass is 16.5. The van der Waals surface area contributed by atoms with Gasteiger partial charge in [-0.2, -0.15) is 0 Å². The number of fused-ring (bicyclic) bond motifs is 2. The number of para-hydroxylation sites is 2. The summed E-state index contributed by atoms with van der Waals surface area (Å²) in [6.45, 7) is 0.650. The number of imidazole rings is 1. The first kappa shape index (κ1) is 24.0. The first-order chi connectivity index (χ1) is 18.3. The summed E-state index contributed by atoms with van der Waals surface area (Å²) in [7, 11) is 0. The summed E-state index contributed by atoms with van der Waals surface area (Å²) in [6.07, 6.45) is 12.1. The molecule has 0 radical (unpaired) electrons. The molecule has 192 valence electrons. The molecule has 0 unspecified atom stereocenters. The summed E-state index contributed by atoms with van der Waals surface area (Å²) >= 11 is 0. The van der Waals surface area contributed by atoms with Gasteiger partial charge >= 0.3 is 0 Å². The summed E-state index contributed by atoms with van der Waals surface area (Å²) < 4.78 is 8.33. The molecule has 0 saturated heterocycles. The van der Waals surface area contributed by atoms with Crippen LogP contribution in [0.3, 0.4) is 0 Å². The van der Waals surface area contributed by atoms with Crippen molar-refractivity contribution in [3.05, 3.63) is 72.6 Å². The van der Waals surface area contributed by atoms with Crippen LogP contribution in [0.4, 0.5) is 0 Å². The maximum absolute atomic E-state index is 14.1. The number of aromatic nitrogens is 2. The number of carbonyl (C=O) groups excluding carboxylic acids is 1. The van der Waals surface area contributed by atoms with Crippen LogP contribution in [0, 0.1) is 0 Å². The molecule has 0 spiro atoms. The molecule has 2 fully saturated rings. The molecule has 2 aliphatic rings. The van der Waals surface area contributed by atoms with Crippen LogP contribution in [0.2, 0.25) is 0 Å². The molecule has 0 N–H and O–H groups in total. The van der Waals surface area contributed by atoms with Crippen LogP contribution in [-0.4, -0.2) is 32.4 Å². The predicted molar refractivity (Wildman–Crippen MR) is 149 cm³/mol. The predicted octanol–water partition coefficient (Wildman–Crippen LogP) is 7.26. The van der Waals surface area contributed by atoms with Crippen LogP contribution in [0.25, 0.3) is 21.8 Å². The van der Waals surface area contributed by atoms with Gasteiger partial charge in [0.1, 0.15) is 24.7 Å². The second-order valence-corrected chi connectivity index (χ2v) is 10.8. The van der Waals surface area contributed by atoms with Gasteiger partial charge in [0.05, 0.1) is 11.0 Å². The Hall–Kier alpha value is -3.34. The van der Waals surface area contributed by atoms with E-state index in [1.165, 1.54) is 43.9 Å². The summed E-state index contributed by atoms with van der Waals surface area (Å²) in [5.74, 6) is 1.86. The van der Waals surface area contributed by atoms with E-state index in [1.807, 2.05) is 36.4 Å². The molecule has 0 bridgehead atoms. The monoisotopic (exact) mass is 495 g/mol. The fourth-order valence-corrected chi connectivity index (χ4v) is 6.46. The third-order valence-electron chi connectivity index (χ3n) is 8.34. The minimum Gasteiger partial charge on any atom is -0.486 e. The van der Waals surface area contributed by atoms with Gasteiger partial charge in [-0.05, 0) is 60.7 Å². The van der Waals surface area contributed by atoms with E-state index in [0.717, 1.165) is 53.7 Å². The highest BCUT2D eigenvalue weighted by Gasteiger charge is 2.33. The number of rotatable bonds is 7. The van der Waals surface area contributed by atoms with Gasteiger partial charge in [-0.25, -0.2) is 4.98 Å². The Kier molecular flexibility index (Phi) is 7.11. The van der Waals surface area contributed by atoms with E-state index in [9.17, 15) is 4.79 Å². The molecular formula is C32H37N3O2. The zero-order valence-corrected chi connectivity index (χ0v) is 21.6. The molecule has 37 heavy (non-hydrogen) atoms. The second-order valence-electron chi connectivity index (χ2n) is 10.8. The number of hydrogen-bond donors (Lipinski definition) is 0. The lowest BCUT2D eigenvalue weighted by atomic mass is 9.88. The number of benzene rings is 3. The maximum atomic E-state index is 14.1. The van der Waals surface area contributed by atoms with Gasteiger partial charge in [0.25, 0.3) is 0 Å². The van der Waals surface area contributed by atoms with Crippen LogP contribution >= 0.6 is 0 Å². The second kappa shape index (κ2) is 11.0. The molecule has 1 aromatic heterocycles. The van der Waals surface area contributed by atoms with Crippen molar-refractivity contribution in [1.82, 2.24) is 14.5 Å². The zero-order valence-electron chi connectivity index (χ0n) is 21.6. The van der Waals surface area contributed by atoms with Gasteiger partial charge in [0.2, 0.25) is 5.91 Å². The largest absolute Gasteiger partial charge is 0.486 e. The van der Waals surface area contributed by atoms with Gasteiger partial charge in [-0.15, -0.1) is 0 Å². The molecule has 2 saturated carbocycles. The van der Waals surface area contributed by atoms with E-state index in [2.05, 4.69) is 39.8 Å². The first-order valence-corrected chi connectivity index (χ1v) is 14.1. The van der Waals surface area contributed by atoms with E-state index in [4.69, 9.17) is 9.72 Å². The minimum atomic E-state index is 0.244. The van der Waals surface area contributed by atoms with Crippen LogP contribution in [0.1, 0.15) is 70.0 Å². The molecule has 4 aromatic rings. The van der Waals surface area contributed by atoms with Crippen LogP contribution in [0.15, 0.2) is 66.7 Å². The van der Waals surface area contributed by atoms with E-state index in [-0.39, 0.29) is 5.91 Å². The van der Waals surface area contributed by atoms with E-state index in [0.29, 0.717) is 25.2 Å². The fourth-order valence-electron chi connectivity index (χ4n) is 6.46. The maximum Gasteiger partial charge on any atom is 0.243 e. The lowest BCUT2D eigenvalue weighted by molar-refractivity contribution is -0.138. The Balaban J connectivity index is 1.27.